The molecule has 3 aromatic rings. The zero-order chi connectivity index (χ0) is 18.8. The van der Waals surface area contributed by atoms with Gasteiger partial charge in [0.2, 0.25) is 0 Å². The number of rotatable bonds is 1. The van der Waals surface area contributed by atoms with Gasteiger partial charge < -0.3 is 9.47 Å². The van der Waals surface area contributed by atoms with Gasteiger partial charge in [0.25, 0.3) is 11.3 Å². The van der Waals surface area contributed by atoms with Crippen LogP contribution in [0.2, 0.25) is 0 Å². The van der Waals surface area contributed by atoms with Crippen molar-refractivity contribution in [3.63, 3.8) is 0 Å². The van der Waals surface area contributed by atoms with Gasteiger partial charge in [-0.2, -0.15) is 9.61 Å². The summed E-state index contributed by atoms with van der Waals surface area (Å²) >= 11 is 0. The zero-order valence-electron chi connectivity index (χ0n) is 15.6. The molecule has 0 saturated carbocycles. The van der Waals surface area contributed by atoms with E-state index in [-0.39, 0.29) is 5.56 Å². The molecule has 5 rings (SSSR count). The molecule has 7 heteroatoms. The van der Waals surface area contributed by atoms with Crippen LogP contribution in [0.1, 0.15) is 43.6 Å². The van der Waals surface area contributed by atoms with E-state index in [4.69, 9.17) is 14.5 Å². The summed E-state index contributed by atoms with van der Waals surface area (Å²) in [5.41, 5.74) is 2.96. The van der Waals surface area contributed by atoms with Crippen LogP contribution in [-0.4, -0.2) is 26.7 Å². The zero-order valence-corrected chi connectivity index (χ0v) is 15.6. The molecule has 2 aliphatic rings. The second kappa shape index (κ2) is 5.52. The van der Waals surface area contributed by atoms with Gasteiger partial charge in [-0.1, -0.05) is 0 Å². The number of benzene rings is 1. The molecule has 2 aromatic heterocycles. The summed E-state index contributed by atoms with van der Waals surface area (Å²) in [5, 5.41) is 4.67. The quantitative estimate of drug-likeness (QED) is 0.661. The first-order chi connectivity index (χ1) is 13.0. The summed E-state index contributed by atoms with van der Waals surface area (Å²) in [6, 6.07) is 5.57. The number of aromatic nitrogens is 4. The van der Waals surface area contributed by atoms with Crippen molar-refractivity contribution in [1.29, 1.82) is 0 Å². The third kappa shape index (κ3) is 2.34. The lowest BCUT2D eigenvalue weighted by Crippen LogP contribution is -2.34. The standard InChI is InChI=1S/C20H20N4O3/c1-20(2)17-16(13-9-8-11(26-3)10-15(13)27-20)23-24-18(25)12-6-4-5-7-14(12)21-19(24)22-17/h8-10H,4-7H2,1-3H3. The molecule has 0 atom stereocenters. The molecule has 1 aromatic carbocycles. The van der Waals surface area contributed by atoms with Gasteiger partial charge in [-0.15, -0.1) is 0 Å². The van der Waals surface area contributed by atoms with Crippen molar-refractivity contribution in [2.24, 2.45) is 0 Å². The van der Waals surface area contributed by atoms with Crippen LogP contribution in [0, 0.1) is 0 Å². The van der Waals surface area contributed by atoms with E-state index in [2.05, 4.69) is 10.1 Å². The van der Waals surface area contributed by atoms with Crippen LogP contribution in [0.5, 0.6) is 11.5 Å². The van der Waals surface area contributed by atoms with E-state index >= 15 is 0 Å². The number of hydrogen-bond donors (Lipinski definition) is 0. The molecule has 27 heavy (non-hydrogen) atoms. The summed E-state index contributed by atoms with van der Waals surface area (Å²) in [6.45, 7) is 3.88. The first kappa shape index (κ1) is 16.2. The van der Waals surface area contributed by atoms with Gasteiger partial charge in [-0.3, -0.25) is 4.79 Å². The van der Waals surface area contributed by atoms with E-state index in [9.17, 15) is 4.79 Å². The molecule has 0 N–H and O–H groups in total. The van der Waals surface area contributed by atoms with Crippen molar-refractivity contribution in [3.8, 4) is 22.8 Å². The molecule has 138 valence electrons. The van der Waals surface area contributed by atoms with Crippen LogP contribution >= 0.6 is 0 Å². The molecular weight excluding hydrogens is 344 g/mol. The van der Waals surface area contributed by atoms with Crippen molar-refractivity contribution in [3.05, 3.63) is 45.5 Å². The van der Waals surface area contributed by atoms with Gasteiger partial charge in [-0.25, -0.2) is 9.97 Å². The maximum atomic E-state index is 13.0. The summed E-state index contributed by atoms with van der Waals surface area (Å²) in [5.74, 6) is 1.71. The SMILES string of the molecule is COc1ccc2c(c1)OC(C)(C)c1nc3nc4c(c(=O)n3nc1-2)CCCC4. The smallest absolute Gasteiger partial charge is 0.279 e. The number of nitrogens with zero attached hydrogens (tertiary/aromatic N) is 4. The van der Waals surface area contributed by atoms with E-state index < -0.39 is 5.60 Å². The van der Waals surface area contributed by atoms with Gasteiger partial charge in [0.15, 0.2) is 0 Å². The maximum Gasteiger partial charge on any atom is 0.279 e. The van der Waals surface area contributed by atoms with Gasteiger partial charge >= 0.3 is 0 Å². The Morgan fingerprint density at radius 1 is 1.19 bits per heavy atom. The Morgan fingerprint density at radius 3 is 2.81 bits per heavy atom. The van der Waals surface area contributed by atoms with Crippen LogP contribution in [0.15, 0.2) is 23.0 Å². The van der Waals surface area contributed by atoms with E-state index in [1.165, 1.54) is 4.52 Å². The number of aryl methyl sites for hydroxylation is 1. The molecule has 1 aliphatic heterocycles. The summed E-state index contributed by atoms with van der Waals surface area (Å²) < 4.78 is 12.8. The van der Waals surface area contributed by atoms with Crippen LogP contribution < -0.4 is 15.0 Å². The van der Waals surface area contributed by atoms with Crippen molar-refractivity contribution in [2.45, 2.75) is 45.1 Å². The van der Waals surface area contributed by atoms with Gasteiger partial charge in [0.05, 0.1) is 12.8 Å². The molecule has 3 heterocycles. The lowest BCUT2D eigenvalue weighted by molar-refractivity contribution is 0.0994. The Hall–Kier alpha value is -2.96. The van der Waals surface area contributed by atoms with Crippen LogP contribution in [0.4, 0.5) is 0 Å². The second-order valence-electron chi connectivity index (χ2n) is 7.54. The lowest BCUT2D eigenvalue weighted by Gasteiger charge is -2.33. The van der Waals surface area contributed by atoms with Crippen LogP contribution in [0.3, 0.4) is 0 Å². The third-order valence-electron chi connectivity index (χ3n) is 5.33. The normalized spacial score (nSPS) is 16.9. The Bertz CT molecular complexity index is 1150. The Kier molecular flexibility index (Phi) is 3.32. The van der Waals surface area contributed by atoms with Crippen molar-refractivity contribution in [1.82, 2.24) is 19.6 Å². The molecular formula is C20H20N4O3. The average Bonchev–Trinajstić information content (AvgIpc) is 2.66. The third-order valence-corrected chi connectivity index (χ3v) is 5.33. The highest BCUT2D eigenvalue weighted by Crippen LogP contribution is 2.44. The molecule has 0 saturated heterocycles. The molecule has 0 unspecified atom stereocenters. The fraction of sp³-hybridized carbons (Fsp3) is 0.400. The largest absolute Gasteiger partial charge is 0.497 e. The van der Waals surface area contributed by atoms with Gasteiger partial charge in [0.1, 0.15) is 28.5 Å². The predicted octanol–water partition coefficient (Wildman–Crippen LogP) is 2.67. The van der Waals surface area contributed by atoms with Crippen molar-refractivity contribution >= 4 is 5.78 Å². The molecule has 0 radical (unpaired) electrons. The van der Waals surface area contributed by atoms with E-state index in [1.54, 1.807) is 7.11 Å². The predicted molar refractivity (Wildman–Crippen MR) is 99.3 cm³/mol. The maximum absolute atomic E-state index is 13.0. The Balaban J connectivity index is 1.82. The Morgan fingerprint density at radius 2 is 2.00 bits per heavy atom. The molecule has 1 aliphatic carbocycles. The Labute approximate surface area is 156 Å². The molecule has 0 amide bonds. The molecule has 0 fully saturated rings. The average molecular weight is 364 g/mol. The first-order valence-corrected chi connectivity index (χ1v) is 9.19. The number of methoxy groups -OCH3 is 1. The minimum Gasteiger partial charge on any atom is -0.497 e. The number of hydrogen-bond acceptors (Lipinski definition) is 6. The summed E-state index contributed by atoms with van der Waals surface area (Å²) in [4.78, 5) is 22.4. The van der Waals surface area contributed by atoms with E-state index in [0.717, 1.165) is 42.5 Å². The first-order valence-electron chi connectivity index (χ1n) is 9.19. The second-order valence-corrected chi connectivity index (χ2v) is 7.54. The highest BCUT2D eigenvalue weighted by Gasteiger charge is 2.37. The monoisotopic (exact) mass is 364 g/mol. The van der Waals surface area contributed by atoms with E-state index in [0.29, 0.717) is 28.7 Å². The van der Waals surface area contributed by atoms with Crippen molar-refractivity contribution in [2.75, 3.05) is 7.11 Å². The van der Waals surface area contributed by atoms with Crippen LogP contribution in [0.25, 0.3) is 17.0 Å². The highest BCUT2D eigenvalue weighted by atomic mass is 16.5. The number of ether oxygens (including phenoxy) is 2. The molecule has 0 bridgehead atoms. The number of fused-ring (bicyclic) bond motifs is 5. The minimum atomic E-state index is -0.697. The van der Waals surface area contributed by atoms with Gasteiger partial charge in [-0.05, 0) is 51.7 Å². The van der Waals surface area contributed by atoms with Gasteiger partial charge in [0, 0.05) is 17.2 Å². The van der Waals surface area contributed by atoms with E-state index in [1.807, 2.05) is 32.0 Å². The fourth-order valence-corrected chi connectivity index (χ4v) is 3.93. The minimum absolute atomic E-state index is 0.107. The molecule has 0 spiro atoms. The van der Waals surface area contributed by atoms with Crippen molar-refractivity contribution < 1.29 is 9.47 Å². The molecule has 7 nitrogen and oxygen atoms in total. The van der Waals surface area contributed by atoms with Crippen LogP contribution in [-0.2, 0) is 18.4 Å². The summed E-state index contributed by atoms with van der Waals surface area (Å²) in [7, 11) is 1.62. The highest BCUT2D eigenvalue weighted by molar-refractivity contribution is 5.73. The fourth-order valence-electron chi connectivity index (χ4n) is 3.93. The summed E-state index contributed by atoms with van der Waals surface area (Å²) in [6.07, 6.45) is 3.64. The topological polar surface area (TPSA) is 78.6 Å². The lowest BCUT2D eigenvalue weighted by atomic mass is 9.94.